The predicted octanol–water partition coefficient (Wildman–Crippen LogP) is 3.50. The molecule has 2 amide bonds. The molecular weight excluding hydrogens is 390 g/mol. The average Bonchev–Trinajstić information content (AvgIpc) is 3.45. The summed E-state index contributed by atoms with van der Waals surface area (Å²) in [5, 5.41) is 3.81. The van der Waals surface area contributed by atoms with Gasteiger partial charge in [-0.05, 0) is 57.7 Å². The molecule has 160 valence electrons. The molecule has 0 bridgehead atoms. The van der Waals surface area contributed by atoms with Crippen LogP contribution in [0.3, 0.4) is 0 Å². The molecule has 2 aliphatic rings. The van der Waals surface area contributed by atoms with Crippen LogP contribution in [-0.2, 0) is 9.53 Å². The van der Waals surface area contributed by atoms with Crippen LogP contribution in [0.25, 0.3) is 0 Å². The first kappa shape index (κ1) is 21.9. The van der Waals surface area contributed by atoms with Gasteiger partial charge in [0.1, 0.15) is 5.60 Å². The smallest absolute Gasteiger partial charge is 0.410 e. The number of halogens is 1. The second-order valence-corrected chi connectivity index (χ2v) is 9.33. The number of nitrogens with zero attached hydrogens (tertiary/aromatic N) is 2. The van der Waals surface area contributed by atoms with E-state index >= 15 is 0 Å². The van der Waals surface area contributed by atoms with Crippen molar-refractivity contribution < 1.29 is 14.3 Å². The van der Waals surface area contributed by atoms with E-state index in [1.165, 1.54) is 0 Å². The molecule has 1 saturated heterocycles. The molecule has 1 saturated carbocycles. The van der Waals surface area contributed by atoms with Crippen molar-refractivity contribution >= 4 is 23.6 Å². The first-order valence-corrected chi connectivity index (χ1v) is 10.8. The molecule has 1 heterocycles. The van der Waals surface area contributed by atoms with Crippen molar-refractivity contribution in [1.82, 2.24) is 15.1 Å². The van der Waals surface area contributed by atoms with Crippen molar-refractivity contribution in [3.8, 4) is 0 Å². The van der Waals surface area contributed by atoms with E-state index < -0.39 is 5.60 Å². The van der Waals surface area contributed by atoms with Crippen LogP contribution in [-0.4, -0.2) is 66.7 Å². The number of carbonyl (C=O) groups is 2. The molecule has 1 aliphatic heterocycles. The fourth-order valence-corrected chi connectivity index (χ4v) is 4.01. The Morgan fingerprint density at radius 1 is 1.17 bits per heavy atom. The molecule has 6 nitrogen and oxygen atoms in total. The Morgan fingerprint density at radius 3 is 2.52 bits per heavy atom. The molecule has 3 rings (SSSR count). The number of amides is 2. The second-order valence-electron chi connectivity index (χ2n) is 8.92. The minimum absolute atomic E-state index is 0.0484. The zero-order chi connectivity index (χ0) is 21.0. The molecule has 2 unspecified atom stereocenters. The van der Waals surface area contributed by atoms with Crippen LogP contribution in [0.15, 0.2) is 24.3 Å². The Balaban J connectivity index is 1.30. The van der Waals surface area contributed by atoms with Gasteiger partial charge in [-0.25, -0.2) is 4.79 Å². The predicted molar refractivity (Wildman–Crippen MR) is 114 cm³/mol. The highest BCUT2D eigenvalue weighted by Crippen LogP contribution is 2.49. The monoisotopic (exact) mass is 421 g/mol. The summed E-state index contributed by atoms with van der Waals surface area (Å²) in [7, 11) is 0. The van der Waals surface area contributed by atoms with Gasteiger partial charge in [0.05, 0.1) is 0 Å². The minimum Gasteiger partial charge on any atom is -0.444 e. The van der Waals surface area contributed by atoms with Crippen LogP contribution in [0.5, 0.6) is 0 Å². The first-order valence-electron chi connectivity index (χ1n) is 10.5. The van der Waals surface area contributed by atoms with Gasteiger partial charge >= 0.3 is 6.09 Å². The first-order chi connectivity index (χ1) is 13.7. The maximum absolute atomic E-state index is 12.4. The lowest BCUT2D eigenvalue weighted by Gasteiger charge is -2.35. The van der Waals surface area contributed by atoms with E-state index in [1.807, 2.05) is 45.0 Å². The maximum atomic E-state index is 12.4. The highest BCUT2D eigenvalue weighted by Gasteiger charge is 2.44. The Labute approximate surface area is 178 Å². The lowest BCUT2D eigenvalue weighted by Crippen LogP contribution is -2.50. The molecule has 1 N–H and O–H groups in total. The van der Waals surface area contributed by atoms with Gasteiger partial charge in [-0.15, -0.1) is 0 Å². The number of piperazine rings is 1. The molecular formula is C22H32ClN3O3. The van der Waals surface area contributed by atoms with E-state index in [1.54, 1.807) is 4.90 Å². The van der Waals surface area contributed by atoms with E-state index in [0.29, 0.717) is 19.6 Å². The van der Waals surface area contributed by atoms with Crippen LogP contribution in [0, 0.1) is 5.92 Å². The van der Waals surface area contributed by atoms with Crippen LogP contribution in [0.2, 0.25) is 5.02 Å². The number of benzene rings is 1. The molecule has 1 aromatic rings. The van der Waals surface area contributed by atoms with E-state index in [0.717, 1.165) is 43.1 Å². The maximum Gasteiger partial charge on any atom is 0.410 e. The summed E-state index contributed by atoms with van der Waals surface area (Å²) in [5.41, 5.74) is 0.621. The van der Waals surface area contributed by atoms with Gasteiger partial charge < -0.3 is 15.0 Å². The molecule has 7 heteroatoms. The molecule has 0 aromatic heterocycles. The summed E-state index contributed by atoms with van der Waals surface area (Å²) >= 11 is 6.23. The molecule has 1 aromatic carbocycles. The zero-order valence-corrected chi connectivity index (χ0v) is 18.4. The van der Waals surface area contributed by atoms with Gasteiger partial charge in [-0.2, -0.15) is 0 Å². The van der Waals surface area contributed by atoms with Crippen molar-refractivity contribution in [3.63, 3.8) is 0 Å². The Kier molecular flexibility index (Phi) is 7.06. The van der Waals surface area contributed by atoms with E-state index in [2.05, 4.69) is 10.2 Å². The van der Waals surface area contributed by atoms with Crippen molar-refractivity contribution in [2.24, 2.45) is 5.92 Å². The van der Waals surface area contributed by atoms with E-state index in [4.69, 9.17) is 16.3 Å². The van der Waals surface area contributed by atoms with Gasteiger partial charge in [0.2, 0.25) is 5.91 Å². The SMILES string of the molecule is CC(C)(C)OC(=O)N1CCN(CCCNC(=O)C2CC2c2ccccc2Cl)CC1. The zero-order valence-electron chi connectivity index (χ0n) is 17.6. The normalized spacial score (nSPS) is 22.3. The highest BCUT2D eigenvalue weighted by atomic mass is 35.5. The van der Waals surface area contributed by atoms with Crippen molar-refractivity contribution in [3.05, 3.63) is 34.9 Å². The Morgan fingerprint density at radius 2 is 1.86 bits per heavy atom. The Hall–Kier alpha value is -1.79. The topological polar surface area (TPSA) is 61.9 Å². The third-order valence-corrected chi connectivity index (χ3v) is 5.75. The summed E-state index contributed by atoms with van der Waals surface area (Å²) < 4.78 is 5.43. The van der Waals surface area contributed by atoms with E-state index in [-0.39, 0.29) is 23.8 Å². The molecule has 0 spiro atoms. The largest absolute Gasteiger partial charge is 0.444 e. The van der Waals surface area contributed by atoms with Crippen molar-refractivity contribution in [2.75, 3.05) is 39.3 Å². The van der Waals surface area contributed by atoms with Crippen LogP contribution in [0.4, 0.5) is 4.79 Å². The summed E-state index contributed by atoms with van der Waals surface area (Å²) in [5.74, 6) is 0.432. The molecule has 2 fully saturated rings. The third-order valence-electron chi connectivity index (χ3n) is 5.41. The fraction of sp³-hybridized carbons (Fsp3) is 0.636. The van der Waals surface area contributed by atoms with Crippen molar-refractivity contribution in [1.29, 1.82) is 0 Å². The number of ether oxygens (including phenoxy) is 1. The third kappa shape index (κ3) is 6.34. The van der Waals surface area contributed by atoms with Gasteiger partial charge in [0.25, 0.3) is 0 Å². The molecule has 0 radical (unpaired) electrons. The second kappa shape index (κ2) is 9.35. The van der Waals surface area contributed by atoms with Crippen LogP contribution in [0.1, 0.15) is 45.1 Å². The van der Waals surface area contributed by atoms with Gasteiger partial charge in [-0.1, -0.05) is 29.8 Å². The standard InChI is InChI=1S/C22H32ClN3O3/c1-22(2,3)29-21(28)26-13-11-25(12-14-26)10-6-9-24-20(27)18-15-17(18)16-7-4-5-8-19(16)23/h4-5,7-8,17-18H,6,9-15H2,1-3H3,(H,24,27). The highest BCUT2D eigenvalue weighted by molar-refractivity contribution is 6.31. The minimum atomic E-state index is -0.459. The summed E-state index contributed by atoms with van der Waals surface area (Å²) in [6.07, 6.45) is 1.55. The van der Waals surface area contributed by atoms with Gasteiger partial charge in [0.15, 0.2) is 0 Å². The molecule has 2 atom stereocenters. The van der Waals surface area contributed by atoms with Crippen molar-refractivity contribution in [2.45, 2.75) is 45.1 Å². The number of carbonyl (C=O) groups excluding carboxylic acids is 2. The summed E-state index contributed by atoms with van der Waals surface area (Å²) in [4.78, 5) is 28.6. The lowest BCUT2D eigenvalue weighted by atomic mass is 10.1. The number of nitrogens with one attached hydrogen (secondary N) is 1. The number of hydrogen-bond donors (Lipinski definition) is 1. The lowest BCUT2D eigenvalue weighted by molar-refractivity contribution is -0.122. The number of rotatable bonds is 6. The average molecular weight is 422 g/mol. The number of hydrogen-bond acceptors (Lipinski definition) is 4. The molecule has 29 heavy (non-hydrogen) atoms. The van der Waals surface area contributed by atoms with E-state index in [9.17, 15) is 9.59 Å². The van der Waals surface area contributed by atoms with Gasteiger partial charge in [-0.3, -0.25) is 9.69 Å². The summed E-state index contributed by atoms with van der Waals surface area (Å²) in [6, 6.07) is 7.78. The molecule has 1 aliphatic carbocycles. The quantitative estimate of drug-likeness (QED) is 0.714. The van der Waals surface area contributed by atoms with Gasteiger partial charge in [0, 0.05) is 43.7 Å². The van der Waals surface area contributed by atoms with Crippen LogP contribution < -0.4 is 5.32 Å². The fourth-order valence-electron chi connectivity index (χ4n) is 3.73. The summed E-state index contributed by atoms with van der Waals surface area (Å²) in [6.45, 7) is 10.3. The van der Waals surface area contributed by atoms with Crippen LogP contribution >= 0.6 is 11.6 Å². The Bertz CT molecular complexity index is 726.